The first kappa shape index (κ1) is 23.6. The fraction of sp³-hybridized carbons (Fsp3) is 0.259. The summed E-state index contributed by atoms with van der Waals surface area (Å²) in [6, 6.07) is 26.4. The molecule has 0 fully saturated rings. The molecule has 1 N–H and O–H groups in total. The zero-order chi connectivity index (χ0) is 22.8. The molecule has 5 heteroatoms. The van der Waals surface area contributed by atoms with Crippen molar-refractivity contribution < 1.29 is 9.59 Å². The van der Waals surface area contributed by atoms with Crippen LogP contribution in [0, 0.1) is 0 Å². The Hall–Kier alpha value is -3.11. The van der Waals surface area contributed by atoms with Gasteiger partial charge in [0.05, 0.1) is 0 Å². The maximum Gasteiger partial charge on any atom is 0.243 e. The number of nitrogens with zero attached hydrogens (tertiary/aromatic N) is 1. The summed E-state index contributed by atoms with van der Waals surface area (Å²) in [6.07, 6.45) is 1.56. The Balaban J connectivity index is 1.87. The molecule has 166 valence electrons. The van der Waals surface area contributed by atoms with Gasteiger partial charge in [0, 0.05) is 31.0 Å². The van der Waals surface area contributed by atoms with Gasteiger partial charge in [0.2, 0.25) is 11.8 Å². The minimum atomic E-state index is -0.615. The van der Waals surface area contributed by atoms with Crippen LogP contribution in [0.5, 0.6) is 0 Å². The van der Waals surface area contributed by atoms with Crippen LogP contribution in [0.4, 0.5) is 0 Å². The summed E-state index contributed by atoms with van der Waals surface area (Å²) in [4.78, 5) is 28.2. The molecule has 0 saturated heterocycles. The lowest BCUT2D eigenvalue weighted by Gasteiger charge is -2.31. The van der Waals surface area contributed by atoms with Gasteiger partial charge in [-0.05, 0) is 35.2 Å². The average Bonchev–Trinajstić information content (AvgIpc) is 2.82. The standard InChI is InChI=1S/C27H29ClN2O2/c1-2-9-26(31)30(20-23-14-16-24(28)17-15-23)25(18-21-10-5-3-6-11-21)27(32)29-19-22-12-7-4-8-13-22/h3-8,10-17,25H,2,9,18-20H2,1H3,(H,29,32)/t25-/m0/s1. The highest BCUT2D eigenvalue weighted by Gasteiger charge is 2.29. The Kier molecular flexibility index (Phi) is 8.88. The summed E-state index contributed by atoms with van der Waals surface area (Å²) < 4.78 is 0. The predicted molar refractivity (Wildman–Crippen MR) is 129 cm³/mol. The van der Waals surface area contributed by atoms with E-state index in [4.69, 9.17) is 11.6 Å². The molecular weight excluding hydrogens is 420 g/mol. The van der Waals surface area contributed by atoms with Crippen molar-refractivity contribution in [3.05, 3.63) is 107 Å². The van der Waals surface area contributed by atoms with Crippen molar-refractivity contribution >= 4 is 23.4 Å². The smallest absolute Gasteiger partial charge is 0.243 e. The number of nitrogens with one attached hydrogen (secondary N) is 1. The van der Waals surface area contributed by atoms with E-state index >= 15 is 0 Å². The number of carbonyl (C=O) groups is 2. The van der Waals surface area contributed by atoms with Crippen LogP contribution < -0.4 is 5.32 Å². The third-order valence-electron chi connectivity index (χ3n) is 5.31. The number of carbonyl (C=O) groups excluding carboxylic acids is 2. The van der Waals surface area contributed by atoms with Crippen LogP contribution in [0.1, 0.15) is 36.5 Å². The summed E-state index contributed by atoms with van der Waals surface area (Å²) in [6.45, 7) is 2.74. The maximum absolute atomic E-state index is 13.4. The van der Waals surface area contributed by atoms with E-state index in [0.717, 1.165) is 23.1 Å². The van der Waals surface area contributed by atoms with E-state index < -0.39 is 6.04 Å². The van der Waals surface area contributed by atoms with Gasteiger partial charge < -0.3 is 10.2 Å². The molecule has 3 rings (SSSR count). The molecule has 3 aromatic rings. The summed E-state index contributed by atoms with van der Waals surface area (Å²) in [5.41, 5.74) is 2.97. The molecule has 32 heavy (non-hydrogen) atoms. The van der Waals surface area contributed by atoms with Crippen molar-refractivity contribution in [1.82, 2.24) is 10.2 Å². The van der Waals surface area contributed by atoms with E-state index in [1.807, 2.05) is 79.7 Å². The first-order chi connectivity index (χ1) is 15.6. The lowest BCUT2D eigenvalue weighted by atomic mass is 10.0. The maximum atomic E-state index is 13.4. The van der Waals surface area contributed by atoms with Gasteiger partial charge in [-0.15, -0.1) is 0 Å². The third-order valence-corrected chi connectivity index (χ3v) is 5.56. The first-order valence-electron chi connectivity index (χ1n) is 11.0. The van der Waals surface area contributed by atoms with Crippen LogP contribution in [0.25, 0.3) is 0 Å². The zero-order valence-electron chi connectivity index (χ0n) is 18.3. The Labute approximate surface area is 195 Å². The number of benzene rings is 3. The monoisotopic (exact) mass is 448 g/mol. The fourth-order valence-corrected chi connectivity index (χ4v) is 3.73. The molecule has 0 spiro atoms. The van der Waals surface area contributed by atoms with Crippen LogP contribution >= 0.6 is 11.6 Å². The van der Waals surface area contributed by atoms with Crippen LogP contribution in [0.15, 0.2) is 84.9 Å². The Bertz CT molecular complexity index is 991. The summed E-state index contributed by atoms with van der Waals surface area (Å²) >= 11 is 6.04. The van der Waals surface area contributed by atoms with Gasteiger partial charge in [0.1, 0.15) is 6.04 Å². The molecule has 3 aromatic carbocycles. The van der Waals surface area contributed by atoms with Gasteiger partial charge in [0.15, 0.2) is 0 Å². The molecule has 0 unspecified atom stereocenters. The summed E-state index contributed by atoms with van der Waals surface area (Å²) in [7, 11) is 0. The number of hydrogen-bond donors (Lipinski definition) is 1. The summed E-state index contributed by atoms with van der Waals surface area (Å²) in [5.74, 6) is -0.186. The van der Waals surface area contributed by atoms with E-state index in [1.54, 1.807) is 17.0 Å². The highest BCUT2D eigenvalue weighted by molar-refractivity contribution is 6.30. The highest BCUT2D eigenvalue weighted by atomic mass is 35.5. The zero-order valence-corrected chi connectivity index (χ0v) is 19.1. The molecule has 0 aliphatic heterocycles. The van der Waals surface area contributed by atoms with Crippen LogP contribution in [-0.4, -0.2) is 22.8 Å². The summed E-state index contributed by atoms with van der Waals surface area (Å²) in [5, 5.41) is 3.68. The van der Waals surface area contributed by atoms with E-state index in [-0.39, 0.29) is 11.8 Å². The largest absolute Gasteiger partial charge is 0.350 e. The SMILES string of the molecule is CCCC(=O)N(Cc1ccc(Cl)cc1)[C@@H](Cc1ccccc1)C(=O)NCc1ccccc1. The normalized spacial score (nSPS) is 11.6. The quantitative estimate of drug-likeness (QED) is 0.451. The second-order valence-electron chi connectivity index (χ2n) is 7.81. The van der Waals surface area contributed by atoms with Gasteiger partial charge in [-0.2, -0.15) is 0 Å². The number of rotatable bonds is 10. The van der Waals surface area contributed by atoms with Gasteiger partial charge in [0.25, 0.3) is 0 Å². The van der Waals surface area contributed by atoms with Crippen molar-refractivity contribution in [3.8, 4) is 0 Å². The molecule has 1 atom stereocenters. The molecule has 0 saturated carbocycles. The first-order valence-corrected chi connectivity index (χ1v) is 11.3. The third kappa shape index (κ3) is 6.96. The minimum absolute atomic E-state index is 0.0294. The van der Waals surface area contributed by atoms with E-state index in [9.17, 15) is 9.59 Å². The van der Waals surface area contributed by atoms with Gasteiger partial charge >= 0.3 is 0 Å². The van der Waals surface area contributed by atoms with Gasteiger partial charge in [-0.25, -0.2) is 0 Å². The molecule has 0 aromatic heterocycles. The van der Waals surface area contributed by atoms with E-state index in [0.29, 0.717) is 31.0 Å². The minimum Gasteiger partial charge on any atom is -0.350 e. The Morgan fingerprint density at radius 1 is 0.844 bits per heavy atom. The molecular formula is C27H29ClN2O2. The van der Waals surface area contributed by atoms with Crippen molar-refractivity contribution in [2.45, 2.75) is 45.3 Å². The molecule has 0 aliphatic rings. The molecule has 0 bridgehead atoms. The second kappa shape index (κ2) is 12.1. The predicted octanol–water partition coefficient (Wildman–Crippen LogP) is 5.40. The molecule has 2 amide bonds. The number of amides is 2. The Morgan fingerprint density at radius 3 is 2.03 bits per heavy atom. The van der Waals surface area contributed by atoms with Crippen LogP contribution in [-0.2, 0) is 29.1 Å². The van der Waals surface area contributed by atoms with Gasteiger partial charge in [-0.1, -0.05) is 91.3 Å². The second-order valence-corrected chi connectivity index (χ2v) is 8.24. The van der Waals surface area contributed by atoms with Crippen LogP contribution in [0.3, 0.4) is 0 Å². The van der Waals surface area contributed by atoms with E-state index in [1.165, 1.54) is 0 Å². The van der Waals surface area contributed by atoms with Crippen molar-refractivity contribution in [2.24, 2.45) is 0 Å². The fourth-order valence-electron chi connectivity index (χ4n) is 3.60. The Morgan fingerprint density at radius 2 is 1.44 bits per heavy atom. The van der Waals surface area contributed by atoms with Crippen molar-refractivity contribution in [1.29, 1.82) is 0 Å². The average molecular weight is 449 g/mol. The number of halogens is 1. The van der Waals surface area contributed by atoms with Crippen molar-refractivity contribution in [3.63, 3.8) is 0 Å². The lowest BCUT2D eigenvalue weighted by molar-refractivity contribution is -0.141. The van der Waals surface area contributed by atoms with Crippen LogP contribution in [0.2, 0.25) is 5.02 Å². The molecule has 4 nitrogen and oxygen atoms in total. The van der Waals surface area contributed by atoms with E-state index in [2.05, 4.69) is 5.32 Å². The lowest BCUT2D eigenvalue weighted by Crippen LogP contribution is -2.50. The van der Waals surface area contributed by atoms with Gasteiger partial charge in [-0.3, -0.25) is 9.59 Å². The van der Waals surface area contributed by atoms with Crippen molar-refractivity contribution in [2.75, 3.05) is 0 Å². The molecule has 0 heterocycles. The molecule has 0 aliphatic carbocycles. The number of hydrogen-bond acceptors (Lipinski definition) is 2. The topological polar surface area (TPSA) is 49.4 Å². The molecule has 0 radical (unpaired) electrons. The highest BCUT2D eigenvalue weighted by Crippen LogP contribution is 2.18.